The second-order valence-corrected chi connectivity index (χ2v) is 5.15. The molecule has 1 nitrogen and oxygen atoms in total. The summed E-state index contributed by atoms with van der Waals surface area (Å²) in [6.45, 7) is 8.70. The molecule has 0 atom stereocenters. The second-order valence-electron chi connectivity index (χ2n) is 4.27. The minimum absolute atomic E-state index is 1.06. The Morgan fingerprint density at radius 1 is 1.19 bits per heavy atom. The van der Waals surface area contributed by atoms with Gasteiger partial charge in [-0.3, -0.25) is 0 Å². The van der Waals surface area contributed by atoms with Crippen LogP contribution in [0.2, 0.25) is 0 Å². The maximum atomic E-state index is 3.39. The van der Waals surface area contributed by atoms with Crippen LogP contribution in [-0.4, -0.2) is 13.1 Å². The number of rotatable bonds is 4. The van der Waals surface area contributed by atoms with Crippen LogP contribution in [0.25, 0.3) is 10.1 Å². The van der Waals surface area contributed by atoms with Crippen molar-refractivity contribution >= 4 is 21.4 Å². The molecule has 0 aliphatic carbocycles. The second kappa shape index (κ2) is 4.98. The predicted molar refractivity (Wildman–Crippen MR) is 73.5 cm³/mol. The van der Waals surface area contributed by atoms with Gasteiger partial charge in [0.2, 0.25) is 0 Å². The average Bonchev–Trinajstić information content (AvgIpc) is 2.69. The van der Waals surface area contributed by atoms with Crippen LogP contribution in [0.3, 0.4) is 0 Å². The van der Waals surface area contributed by atoms with E-state index in [-0.39, 0.29) is 0 Å². The van der Waals surface area contributed by atoms with E-state index >= 15 is 0 Å². The molecule has 0 bridgehead atoms. The summed E-state index contributed by atoms with van der Waals surface area (Å²) in [6.07, 6.45) is 1.14. The Morgan fingerprint density at radius 2 is 1.94 bits per heavy atom. The van der Waals surface area contributed by atoms with Crippen molar-refractivity contribution in [3.63, 3.8) is 0 Å². The van der Waals surface area contributed by atoms with Gasteiger partial charge in [0.1, 0.15) is 0 Å². The Kier molecular flexibility index (Phi) is 3.62. The highest BCUT2D eigenvalue weighted by molar-refractivity contribution is 7.17. The molecule has 2 aromatic rings. The maximum absolute atomic E-state index is 3.39. The molecule has 1 aromatic heterocycles. The van der Waals surface area contributed by atoms with E-state index in [1.807, 2.05) is 11.3 Å². The van der Waals surface area contributed by atoms with E-state index in [2.05, 4.69) is 43.6 Å². The zero-order chi connectivity index (χ0) is 11.5. The lowest BCUT2D eigenvalue weighted by Gasteiger charge is -2.04. The van der Waals surface area contributed by atoms with Crippen molar-refractivity contribution in [2.75, 3.05) is 13.1 Å². The molecule has 86 valence electrons. The predicted octanol–water partition coefficient (Wildman–Crippen LogP) is 3.67. The van der Waals surface area contributed by atoms with Gasteiger partial charge in [-0.1, -0.05) is 19.1 Å². The monoisotopic (exact) mass is 233 g/mol. The van der Waals surface area contributed by atoms with Crippen LogP contribution in [0.1, 0.15) is 23.6 Å². The van der Waals surface area contributed by atoms with Crippen LogP contribution >= 0.6 is 11.3 Å². The van der Waals surface area contributed by atoms with Gasteiger partial charge in [-0.05, 0) is 60.8 Å². The Morgan fingerprint density at radius 3 is 2.69 bits per heavy atom. The third kappa shape index (κ3) is 2.13. The van der Waals surface area contributed by atoms with E-state index in [4.69, 9.17) is 0 Å². The van der Waals surface area contributed by atoms with E-state index in [9.17, 15) is 0 Å². The van der Waals surface area contributed by atoms with Crippen LogP contribution in [0, 0.1) is 13.8 Å². The molecule has 0 fully saturated rings. The minimum atomic E-state index is 1.06. The molecule has 1 heterocycles. The highest BCUT2D eigenvalue weighted by Gasteiger charge is 2.08. The maximum Gasteiger partial charge on any atom is 0.0377 e. The van der Waals surface area contributed by atoms with Crippen molar-refractivity contribution < 1.29 is 0 Å². The molecule has 2 rings (SSSR count). The quantitative estimate of drug-likeness (QED) is 0.795. The van der Waals surface area contributed by atoms with Gasteiger partial charge in [0.05, 0.1) is 0 Å². The molecule has 0 saturated heterocycles. The first-order valence-corrected chi connectivity index (χ1v) is 6.79. The number of thiophene rings is 1. The molecule has 0 saturated carbocycles. The Bertz CT molecular complexity index is 485. The fraction of sp³-hybridized carbons (Fsp3) is 0.429. The van der Waals surface area contributed by atoms with Crippen LogP contribution in [-0.2, 0) is 6.42 Å². The van der Waals surface area contributed by atoms with Crippen molar-refractivity contribution in [3.05, 3.63) is 34.2 Å². The smallest absolute Gasteiger partial charge is 0.0377 e. The minimum Gasteiger partial charge on any atom is -0.317 e. The normalized spacial score (nSPS) is 11.2. The third-order valence-electron chi connectivity index (χ3n) is 3.02. The van der Waals surface area contributed by atoms with Crippen molar-refractivity contribution in [3.8, 4) is 0 Å². The third-order valence-corrected chi connectivity index (χ3v) is 4.19. The van der Waals surface area contributed by atoms with Crippen LogP contribution < -0.4 is 5.32 Å². The molecular formula is C14H19NS. The van der Waals surface area contributed by atoms with Crippen LogP contribution in [0.4, 0.5) is 0 Å². The van der Waals surface area contributed by atoms with Gasteiger partial charge in [-0.15, -0.1) is 11.3 Å². The number of benzene rings is 1. The lowest BCUT2D eigenvalue weighted by molar-refractivity contribution is 0.719. The molecule has 0 aliphatic rings. The summed E-state index contributed by atoms with van der Waals surface area (Å²) < 4.78 is 1.46. The zero-order valence-corrected chi connectivity index (χ0v) is 11.1. The topological polar surface area (TPSA) is 12.0 Å². The highest BCUT2D eigenvalue weighted by Crippen LogP contribution is 2.31. The molecule has 1 N–H and O–H groups in total. The van der Waals surface area contributed by atoms with Gasteiger partial charge < -0.3 is 5.32 Å². The standard InChI is InChI=1S/C14H19NS/c1-4-15-8-7-12-9-16-14-11(3)6-5-10(2)13(12)14/h5-6,9,15H,4,7-8H2,1-3H3. The average molecular weight is 233 g/mol. The summed E-state index contributed by atoms with van der Waals surface area (Å²) in [5, 5.41) is 7.20. The summed E-state index contributed by atoms with van der Waals surface area (Å²) in [6, 6.07) is 4.46. The van der Waals surface area contributed by atoms with Gasteiger partial charge in [0.15, 0.2) is 0 Å². The number of aryl methyl sites for hydroxylation is 2. The summed E-state index contributed by atoms with van der Waals surface area (Å²) in [4.78, 5) is 0. The largest absolute Gasteiger partial charge is 0.317 e. The molecule has 0 aliphatic heterocycles. The van der Waals surface area contributed by atoms with Crippen molar-refractivity contribution in [2.45, 2.75) is 27.2 Å². The molecule has 2 heteroatoms. The Labute approximate surface area is 101 Å². The fourth-order valence-electron chi connectivity index (χ4n) is 2.11. The van der Waals surface area contributed by atoms with E-state index in [1.54, 1.807) is 0 Å². The summed E-state index contributed by atoms with van der Waals surface area (Å²) in [5.74, 6) is 0. The molecule has 0 radical (unpaired) electrons. The van der Waals surface area contributed by atoms with E-state index in [1.165, 1.54) is 26.8 Å². The van der Waals surface area contributed by atoms with Gasteiger partial charge in [0, 0.05) is 4.70 Å². The van der Waals surface area contributed by atoms with E-state index in [0.29, 0.717) is 0 Å². The van der Waals surface area contributed by atoms with E-state index in [0.717, 1.165) is 19.5 Å². The Balaban J connectivity index is 2.36. The molecule has 0 amide bonds. The molecular weight excluding hydrogens is 214 g/mol. The first kappa shape index (κ1) is 11.6. The van der Waals surface area contributed by atoms with Crippen molar-refractivity contribution in [1.82, 2.24) is 5.32 Å². The number of hydrogen-bond donors (Lipinski definition) is 1. The zero-order valence-electron chi connectivity index (χ0n) is 10.3. The Hall–Kier alpha value is -0.860. The van der Waals surface area contributed by atoms with E-state index < -0.39 is 0 Å². The molecule has 0 spiro atoms. The van der Waals surface area contributed by atoms with Crippen molar-refractivity contribution in [1.29, 1.82) is 0 Å². The highest BCUT2D eigenvalue weighted by atomic mass is 32.1. The molecule has 0 unspecified atom stereocenters. The van der Waals surface area contributed by atoms with Crippen molar-refractivity contribution in [2.24, 2.45) is 0 Å². The first-order valence-electron chi connectivity index (χ1n) is 5.91. The van der Waals surface area contributed by atoms with Gasteiger partial charge in [-0.25, -0.2) is 0 Å². The molecule has 16 heavy (non-hydrogen) atoms. The van der Waals surface area contributed by atoms with Gasteiger partial charge in [0.25, 0.3) is 0 Å². The lowest BCUT2D eigenvalue weighted by Crippen LogP contribution is -2.15. The number of fused-ring (bicyclic) bond motifs is 1. The number of hydrogen-bond acceptors (Lipinski definition) is 2. The fourth-order valence-corrected chi connectivity index (χ4v) is 3.27. The van der Waals surface area contributed by atoms with Crippen LogP contribution in [0.15, 0.2) is 17.5 Å². The number of nitrogens with one attached hydrogen (secondary N) is 1. The summed E-state index contributed by atoms with van der Waals surface area (Å²) in [5.41, 5.74) is 4.32. The van der Waals surface area contributed by atoms with Crippen LogP contribution in [0.5, 0.6) is 0 Å². The summed E-state index contributed by atoms with van der Waals surface area (Å²) >= 11 is 1.88. The SMILES string of the molecule is CCNCCc1csc2c(C)ccc(C)c12. The number of likely N-dealkylation sites (N-methyl/N-ethyl adjacent to an activating group) is 1. The lowest BCUT2D eigenvalue weighted by atomic mass is 10.0. The molecule has 1 aromatic carbocycles. The van der Waals surface area contributed by atoms with Gasteiger partial charge >= 0.3 is 0 Å². The first-order chi connectivity index (χ1) is 7.74. The van der Waals surface area contributed by atoms with Gasteiger partial charge in [-0.2, -0.15) is 0 Å². The summed E-state index contributed by atoms with van der Waals surface area (Å²) in [7, 11) is 0.